The first kappa shape index (κ1) is 11.6. The number of ether oxygens (including phenoxy) is 1. The number of sulfonamides is 1. The third-order valence-electron chi connectivity index (χ3n) is 2.55. The van der Waals surface area contributed by atoms with Crippen LogP contribution in [-0.4, -0.2) is 27.7 Å². The minimum Gasteiger partial charge on any atom is -0.380 e. The summed E-state index contributed by atoms with van der Waals surface area (Å²) in [5, 5.41) is 0. The van der Waals surface area contributed by atoms with Crippen LogP contribution in [0.25, 0.3) is 0 Å². The van der Waals surface area contributed by atoms with E-state index in [-0.39, 0.29) is 6.04 Å². The molecule has 1 aromatic rings. The van der Waals surface area contributed by atoms with E-state index in [2.05, 4.69) is 4.72 Å². The SMILES string of the molecule is Cc1cccc(S(=O)(=O)NC2CCOC2)c1. The lowest BCUT2D eigenvalue weighted by molar-refractivity contribution is 0.192. The maximum Gasteiger partial charge on any atom is 0.240 e. The van der Waals surface area contributed by atoms with Crippen LogP contribution in [-0.2, 0) is 14.8 Å². The van der Waals surface area contributed by atoms with Gasteiger partial charge in [-0.1, -0.05) is 12.1 Å². The van der Waals surface area contributed by atoms with Crippen molar-refractivity contribution in [1.29, 1.82) is 0 Å². The Labute approximate surface area is 95.7 Å². The highest BCUT2D eigenvalue weighted by atomic mass is 32.2. The van der Waals surface area contributed by atoms with Crippen molar-refractivity contribution in [3.05, 3.63) is 29.8 Å². The Balaban J connectivity index is 2.18. The van der Waals surface area contributed by atoms with Gasteiger partial charge in [-0.25, -0.2) is 13.1 Å². The van der Waals surface area contributed by atoms with Crippen molar-refractivity contribution >= 4 is 10.0 Å². The number of hydrogen-bond donors (Lipinski definition) is 1. The molecule has 1 N–H and O–H groups in total. The Morgan fingerprint density at radius 1 is 1.44 bits per heavy atom. The molecule has 0 amide bonds. The fourth-order valence-corrected chi connectivity index (χ4v) is 3.06. The molecule has 0 bridgehead atoms. The van der Waals surface area contributed by atoms with Gasteiger partial charge in [-0.15, -0.1) is 0 Å². The van der Waals surface area contributed by atoms with E-state index in [0.29, 0.717) is 18.1 Å². The van der Waals surface area contributed by atoms with Gasteiger partial charge in [0.25, 0.3) is 0 Å². The lowest BCUT2D eigenvalue weighted by Gasteiger charge is -2.11. The van der Waals surface area contributed by atoms with Gasteiger partial charge in [0.05, 0.1) is 11.5 Å². The summed E-state index contributed by atoms with van der Waals surface area (Å²) in [4.78, 5) is 0.319. The molecule has 88 valence electrons. The van der Waals surface area contributed by atoms with Crippen molar-refractivity contribution in [1.82, 2.24) is 4.72 Å². The van der Waals surface area contributed by atoms with Crippen LogP contribution in [0.15, 0.2) is 29.2 Å². The first-order valence-corrected chi connectivity index (χ1v) is 6.73. The first-order valence-electron chi connectivity index (χ1n) is 5.25. The fourth-order valence-electron chi connectivity index (χ4n) is 1.70. The van der Waals surface area contributed by atoms with Crippen LogP contribution >= 0.6 is 0 Å². The minimum absolute atomic E-state index is 0.0921. The molecule has 16 heavy (non-hydrogen) atoms. The topological polar surface area (TPSA) is 55.4 Å². The molecule has 0 saturated carbocycles. The molecular formula is C11H15NO3S. The zero-order chi connectivity index (χ0) is 11.6. The van der Waals surface area contributed by atoms with Gasteiger partial charge < -0.3 is 4.74 Å². The summed E-state index contributed by atoms with van der Waals surface area (Å²) < 4.78 is 31.7. The Bertz CT molecular complexity index is 464. The quantitative estimate of drug-likeness (QED) is 0.861. The minimum atomic E-state index is -3.40. The van der Waals surface area contributed by atoms with Crippen LogP contribution in [0, 0.1) is 6.92 Å². The summed E-state index contributed by atoms with van der Waals surface area (Å²) in [5.74, 6) is 0. The number of hydrogen-bond acceptors (Lipinski definition) is 3. The average Bonchev–Trinajstić information content (AvgIpc) is 2.70. The summed E-state index contributed by atoms with van der Waals surface area (Å²) in [6, 6.07) is 6.79. The van der Waals surface area contributed by atoms with E-state index < -0.39 is 10.0 Å². The van der Waals surface area contributed by atoms with Gasteiger partial charge in [-0.05, 0) is 31.0 Å². The lowest BCUT2D eigenvalue weighted by atomic mass is 10.2. The first-order chi connectivity index (χ1) is 7.58. The predicted octanol–water partition coefficient (Wildman–Crippen LogP) is 1.06. The number of nitrogens with one attached hydrogen (secondary N) is 1. The van der Waals surface area contributed by atoms with Gasteiger partial charge in [-0.3, -0.25) is 0 Å². The fraction of sp³-hybridized carbons (Fsp3) is 0.455. The second-order valence-electron chi connectivity index (χ2n) is 4.00. The van der Waals surface area contributed by atoms with E-state index in [1.807, 2.05) is 13.0 Å². The van der Waals surface area contributed by atoms with Crippen LogP contribution < -0.4 is 4.72 Å². The Morgan fingerprint density at radius 2 is 2.25 bits per heavy atom. The molecule has 1 fully saturated rings. The monoisotopic (exact) mass is 241 g/mol. The maximum absolute atomic E-state index is 12.0. The molecule has 0 radical (unpaired) electrons. The number of rotatable bonds is 3. The van der Waals surface area contributed by atoms with E-state index in [0.717, 1.165) is 12.0 Å². The average molecular weight is 241 g/mol. The van der Waals surface area contributed by atoms with E-state index >= 15 is 0 Å². The summed E-state index contributed by atoms with van der Waals surface area (Å²) in [7, 11) is -3.40. The molecule has 1 unspecified atom stereocenters. The summed E-state index contributed by atoms with van der Waals surface area (Å²) in [6.07, 6.45) is 0.741. The highest BCUT2D eigenvalue weighted by Gasteiger charge is 2.23. The smallest absolute Gasteiger partial charge is 0.240 e. The molecule has 1 saturated heterocycles. The Morgan fingerprint density at radius 3 is 2.88 bits per heavy atom. The van der Waals surface area contributed by atoms with E-state index in [1.165, 1.54) is 0 Å². The van der Waals surface area contributed by atoms with Gasteiger partial charge in [0.15, 0.2) is 0 Å². The van der Waals surface area contributed by atoms with Crippen molar-refractivity contribution in [2.45, 2.75) is 24.3 Å². The van der Waals surface area contributed by atoms with Crippen molar-refractivity contribution < 1.29 is 13.2 Å². The second kappa shape index (κ2) is 4.53. The van der Waals surface area contributed by atoms with Crippen molar-refractivity contribution in [2.24, 2.45) is 0 Å². The van der Waals surface area contributed by atoms with E-state index in [9.17, 15) is 8.42 Å². The van der Waals surface area contributed by atoms with Crippen molar-refractivity contribution in [3.63, 3.8) is 0 Å². The summed E-state index contributed by atoms with van der Waals surface area (Å²) in [6.45, 7) is 2.96. The zero-order valence-electron chi connectivity index (χ0n) is 9.14. The van der Waals surface area contributed by atoms with Gasteiger partial charge in [0.2, 0.25) is 10.0 Å². The van der Waals surface area contributed by atoms with Crippen molar-refractivity contribution in [3.8, 4) is 0 Å². The van der Waals surface area contributed by atoms with Crippen LogP contribution in [0.1, 0.15) is 12.0 Å². The van der Waals surface area contributed by atoms with E-state index in [1.54, 1.807) is 18.2 Å². The highest BCUT2D eigenvalue weighted by molar-refractivity contribution is 7.89. The lowest BCUT2D eigenvalue weighted by Crippen LogP contribution is -2.35. The third-order valence-corrected chi connectivity index (χ3v) is 4.07. The van der Waals surface area contributed by atoms with Gasteiger partial charge in [-0.2, -0.15) is 0 Å². The van der Waals surface area contributed by atoms with Crippen molar-refractivity contribution in [2.75, 3.05) is 13.2 Å². The molecule has 1 aliphatic heterocycles. The molecule has 1 heterocycles. The summed E-state index contributed by atoms with van der Waals surface area (Å²) in [5.41, 5.74) is 0.936. The third kappa shape index (κ3) is 2.61. The molecule has 5 heteroatoms. The molecule has 1 atom stereocenters. The standard InChI is InChI=1S/C11H15NO3S/c1-9-3-2-4-11(7-9)16(13,14)12-10-5-6-15-8-10/h2-4,7,10,12H,5-6,8H2,1H3. The Kier molecular flexibility index (Phi) is 3.28. The zero-order valence-corrected chi connectivity index (χ0v) is 9.96. The molecule has 0 aliphatic carbocycles. The predicted molar refractivity (Wildman–Crippen MR) is 60.7 cm³/mol. The molecule has 0 aromatic heterocycles. The normalized spacial score (nSPS) is 21.2. The molecule has 1 aliphatic rings. The largest absolute Gasteiger partial charge is 0.380 e. The van der Waals surface area contributed by atoms with Crippen LogP contribution in [0.4, 0.5) is 0 Å². The summed E-state index contributed by atoms with van der Waals surface area (Å²) >= 11 is 0. The highest BCUT2D eigenvalue weighted by Crippen LogP contribution is 2.13. The van der Waals surface area contributed by atoms with Gasteiger partial charge >= 0.3 is 0 Å². The molecule has 0 spiro atoms. The molecule has 2 rings (SSSR count). The van der Waals surface area contributed by atoms with Crippen LogP contribution in [0.3, 0.4) is 0 Å². The molecule has 1 aromatic carbocycles. The van der Waals surface area contributed by atoms with Crippen LogP contribution in [0.5, 0.6) is 0 Å². The maximum atomic E-state index is 12.0. The number of aryl methyl sites for hydroxylation is 1. The van der Waals surface area contributed by atoms with Gasteiger partial charge in [0, 0.05) is 12.6 Å². The molecular weight excluding hydrogens is 226 g/mol. The second-order valence-corrected chi connectivity index (χ2v) is 5.71. The van der Waals surface area contributed by atoms with E-state index in [4.69, 9.17) is 4.74 Å². The molecule has 4 nitrogen and oxygen atoms in total. The van der Waals surface area contributed by atoms with Gasteiger partial charge in [0.1, 0.15) is 0 Å². The Hall–Kier alpha value is -0.910. The number of benzene rings is 1. The van der Waals surface area contributed by atoms with Crippen LogP contribution in [0.2, 0.25) is 0 Å².